The number of benzene rings is 1. The number of methoxy groups -OCH3 is 1. The van der Waals surface area contributed by atoms with Gasteiger partial charge in [0.1, 0.15) is 22.9 Å². The van der Waals surface area contributed by atoms with E-state index in [1.165, 1.54) is 6.07 Å². The summed E-state index contributed by atoms with van der Waals surface area (Å²) >= 11 is 1.05. The number of ether oxygens (including phenoxy) is 1. The number of nitrogens with zero attached hydrogens (tertiary/aromatic N) is 2. The molecule has 0 fully saturated rings. The number of thiophene rings is 1. The molecule has 3 aromatic rings. The monoisotopic (exact) mass is 352 g/mol. The van der Waals surface area contributed by atoms with Gasteiger partial charge in [-0.1, -0.05) is 0 Å². The number of carbonyl (C=O) groups is 1. The average molecular weight is 352 g/mol. The SMILES string of the molecule is COC(=O)Cn1c(=O)n(-c2ccc(F)cc2F)c(=O)c2sccc21. The molecule has 0 spiro atoms. The summed E-state index contributed by atoms with van der Waals surface area (Å²) in [6, 6.07) is 4.02. The number of fused-ring (bicyclic) bond motifs is 1. The molecule has 0 unspecified atom stereocenters. The molecule has 2 heterocycles. The Balaban J connectivity index is 2.38. The number of carbonyl (C=O) groups excluding carboxylic acids is 1. The van der Waals surface area contributed by atoms with Gasteiger partial charge in [0.05, 0.1) is 18.3 Å². The van der Waals surface area contributed by atoms with Gasteiger partial charge in [-0.3, -0.25) is 14.2 Å². The van der Waals surface area contributed by atoms with Gasteiger partial charge < -0.3 is 4.74 Å². The van der Waals surface area contributed by atoms with Crippen molar-refractivity contribution in [2.45, 2.75) is 6.54 Å². The number of hydrogen-bond donors (Lipinski definition) is 0. The zero-order chi connectivity index (χ0) is 17.4. The second-order valence-electron chi connectivity index (χ2n) is 4.82. The zero-order valence-electron chi connectivity index (χ0n) is 12.3. The van der Waals surface area contributed by atoms with Gasteiger partial charge >= 0.3 is 11.7 Å². The number of halogens is 2. The van der Waals surface area contributed by atoms with Gasteiger partial charge in [0.25, 0.3) is 5.56 Å². The van der Waals surface area contributed by atoms with Crippen LogP contribution in [0.5, 0.6) is 0 Å². The lowest BCUT2D eigenvalue weighted by atomic mass is 10.3. The summed E-state index contributed by atoms with van der Waals surface area (Å²) in [7, 11) is 1.16. The quantitative estimate of drug-likeness (QED) is 0.673. The Morgan fingerprint density at radius 3 is 2.67 bits per heavy atom. The van der Waals surface area contributed by atoms with Crippen molar-refractivity contribution in [3.05, 3.63) is 62.1 Å². The highest BCUT2D eigenvalue weighted by molar-refractivity contribution is 7.17. The van der Waals surface area contributed by atoms with Gasteiger partial charge in [-0.25, -0.2) is 18.1 Å². The van der Waals surface area contributed by atoms with E-state index in [4.69, 9.17) is 0 Å². The maximum absolute atomic E-state index is 14.0. The minimum Gasteiger partial charge on any atom is -0.468 e. The highest BCUT2D eigenvalue weighted by Crippen LogP contribution is 2.18. The summed E-state index contributed by atoms with van der Waals surface area (Å²) in [5.41, 5.74) is -1.79. The van der Waals surface area contributed by atoms with E-state index in [0.29, 0.717) is 10.6 Å². The molecule has 124 valence electrons. The first-order valence-electron chi connectivity index (χ1n) is 6.69. The van der Waals surface area contributed by atoms with E-state index in [-0.39, 0.29) is 15.9 Å². The molecule has 0 bridgehead atoms. The van der Waals surface area contributed by atoms with Crippen LogP contribution in [0.25, 0.3) is 15.9 Å². The van der Waals surface area contributed by atoms with E-state index >= 15 is 0 Å². The van der Waals surface area contributed by atoms with Crippen molar-refractivity contribution in [3.8, 4) is 5.69 Å². The molecule has 0 atom stereocenters. The van der Waals surface area contributed by atoms with E-state index in [2.05, 4.69) is 4.74 Å². The number of hydrogen-bond acceptors (Lipinski definition) is 5. The van der Waals surface area contributed by atoms with Crippen LogP contribution < -0.4 is 11.2 Å². The lowest BCUT2D eigenvalue weighted by molar-refractivity contribution is -0.141. The van der Waals surface area contributed by atoms with Gasteiger partial charge in [-0.2, -0.15) is 0 Å². The van der Waals surface area contributed by atoms with Crippen LogP contribution in [0, 0.1) is 11.6 Å². The van der Waals surface area contributed by atoms with Gasteiger partial charge in [0.2, 0.25) is 0 Å². The third-order valence-electron chi connectivity index (χ3n) is 3.42. The molecule has 0 amide bonds. The maximum atomic E-state index is 14.0. The summed E-state index contributed by atoms with van der Waals surface area (Å²) in [5.74, 6) is -2.60. The van der Waals surface area contributed by atoms with Crippen molar-refractivity contribution in [3.63, 3.8) is 0 Å². The van der Waals surface area contributed by atoms with E-state index in [0.717, 1.165) is 35.1 Å². The van der Waals surface area contributed by atoms with Crippen LogP contribution in [0.15, 0.2) is 39.2 Å². The van der Waals surface area contributed by atoms with Crippen molar-refractivity contribution >= 4 is 27.5 Å². The third-order valence-corrected chi connectivity index (χ3v) is 4.31. The molecular formula is C15H10F2N2O4S. The number of aromatic nitrogens is 2. The molecule has 0 saturated heterocycles. The Hall–Kier alpha value is -2.81. The predicted octanol–water partition coefficient (Wildman–Crippen LogP) is 1.67. The summed E-state index contributed by atoms with van der Waals surface area (Å²) in [5, 5.41) is 1.57. The summed E-state index contributed by atoms with van der Waals surface area (Å²) < 4.78 is 33.4. The standard InChI is InChI=1S/C15H10F2N2O4S/c1-23-12(20)7-18-11-4-5-24-13(11)14(21)19(15(18)22)10-3-2-8(16)6-9(10)17/h2-6H,7H2,1H3. The molecule has 0 aliphatic heterocycles. The van der Waals surface area contributed by atoms with Crippen LogP contribution in [0.3, 0.4) is 0 Å². The molecule has 0 radical (unpaired) electrons. The molecule has 0 aliphatic carbocycles. The van der Waals surface area contributed by atoms with Crippen molar-refractivity contribution in [2.24, 2.45) is 0 Å². The lowest BCUT2D eigenvalue weighted by Gasteiger charge is -2.11. The first-order chi connectivity index (χ1) is 11.4. The molecule has 1 aromatic carbocycles. The van der Waals surface area contributed by atoms with Crippen LogP contribution in [-0.4, -0.2) is 22.2 Å². The number of esters is 1. The molecule has 0 aliphatic rings. The zero-order valence-corrected chi connectivity index (χ0v) is 13.1. The Kier molecular flexibility index (Phi) is 4.02. The normalized spacial score (nSPS) is 11.0. The van der Waals surface area contributed by atoms with Crippen LogP contribution in [0.4, 0.5) is 8.78 Å². The second kappa shape index (κ2) is 6.00. The first kappa shape index (κ1) is 16.1. The molecular weight excluding hydrogens is 342 g/mol. The fourth-order valence-electron chi connectivity index (χ4n) is 2.31. The van der Waals surface area contributed by atoms with Crippen LogP contribution in [-0.2, 0) is 16.1 Å². The highest BCUT2D eigenvalue weighted by Gasteiger charge is 2.19. The molecule has 0 N–H and O–H groups in total. The Bertz CT molecular complexity index is 1070. The van der Waals surface area contributed by atoms with E-state index < -0.39 is 35.4 Å². The largest absolute Gasteiger partial charge is 0.468 e. The second-order valence-corrected chi connectivity index (χ2v) is 5.73. The van der Waals surface area contributed by atoms with Crippen molar-refractivity contribution in [2.75, 3.05) is 7.11 Å². The van der Waals surface area contributed by atoms with E-state index in [1.54, 1.807) is 5.38 Å². The van der Waals surface area contributed by atoms with Crippen molar-refractivity contribution in [1.29, 1.82) is 0 Å². The number of rotatable bonds is 3. The van der Waals surface area contributed by atoms with Crippen LogP contribution >= 0.6 is 11.3 Å². The summed E-state index contributed by atoms with van der Waals surface area (Å²) in [6.45, 7) is -0.439. The molecule has 2 aromatic heterocycles. The van der Waals surface area contributed by atoms with Crippen LogP contribution in [0.2, 0.25) is 0 Å². The maximum Gasteiger partial charge on any atom is 0.336 e. The van der Waals surface area contributed by atoms with Crippen molar-refractivity contribution < 1.29 is 18.3 Å². The molecule has 24 heavy (non-hydrogen) atoms. The van der Waals surface area contributed by atoms with Gasteiger partial charge in [-0.05, 0) is 23.6 Å². The topological polar surface area (TPSA) is 70.3 Å². The van der Waals surface area contributed by atoms with E-state index in [9.17, 15) is 23.2 Å². The summed E-state index contributed by atoms with van der Waals surface area (Å²) in [4.78, 5) is 36.7. The molecule has 0 saturated carbocycles. The van der Waals surface area contributed by atoms with Crippen LogP contribution in [0.1, 0.15) is 0 Å². The minimum absolute atomic E-state index is 0.169. The fourth-order valence-corrected chi connectivity index (χ4v) is 3.13. The fraction of sp³-hybridized carbons (Fsp3) is 0.133. The van der Waals surface area contributed by atoms with Gasteiger partial charge in [0.15, 0.2) is 0 Å². The average Bonchev–Trinajstić information content (AvgIpc) is 3.03. The molecule has 3 rings (SSSR count). The molecule has 6 nitrogen and oxygen atoms in total. The first-order valence-corrected chi connectivity index (χ1v) is 7.57. The Morgan fingerprint density at radius 2 is 2.00 bits per heavy atom. The molecule has 9 heteroatoms. The Morgan fingerprint density at radius 1 is 1.25 bits per heavy atom. The van der Waals surface area contributed by atoms with Gasteiger partial charge in [0, 0.05) is 6.07 Å². The van der Waals surface area contributed by atoms with Crippen molar-refractivity contribution in [1.82, 2.24) is 9.13 Å². The van der Waals surface area contributed by atoms with Gasteiger partial charge in [-0.15, -0.1) is 11.3 Å². The summed E-state index contributed by atoms with van der Waals surface area (Å²) in [6.07, 6.45) is 0. The Labute approximate surface area is 137 Å². The van der Waals surface area contributed by atoms with E-state index in [1.807, 2.05) is 0 Å². The minimum atomic E-state index is -1.06. The lowest BCUT2D eigenvalue weighted by Crippen LogP contribution is -2.40. The third kappa shape index (κ3) is 2.52. The predicted molar refractivity (Wildman–Crippen MR) is 83.6 cm³/mol. The highest BCUT2D eigenvalue weighted by atomic mass is 32.1. The smallest absolute Gasteiger partial charge is 0.336 e.